The maximum Gasteiger partial charge on any atom is 0.181 e. The van der Waals surface area contributed by atoms with Gasteiger partial charge in [0.05, 0.1) is 16.3 Å². The van der Waals surface area contributed by atoms with Crippen molar-refractivity contribution in [1.29, 1.82) is 0 Å². The Labute approximate surface area is 85.1 Å². The van der Waals surface area contributed by atoms with Gasteiger partial charge in [-0.05, 0) is 12.5 Å². The molecule has 0 aliphatic rings. The summed E-state index contributed by atoms with van der Waals surface area (Å²) < 4.78 is 23.5. The molecule has 1 aromatic rings. The molecular weight excluding hydrogens is 198 g/mol. The third-order valence-corrected chi connectivity index (χ3v) is 3.78. The largest absolute Gasteiger partial charge is 0.387 e. The number of nitrogens with one attached hydrogen (secondary N) is 1. The Balaban J connectivity index is 3.18. The van der Waals surface area contributed by atoms with E-state index in [1.54, 1.807) is 25.2 Å². The number of sulfone groups is 1. The molecule has 4 heteroatoms. The molecule has 0 heterocycles. The average molecular weight is 212 g/mol. The van der Waals surface area contributed by atoms with Crippen LogP contribution < -0.4 is 5.32 Å². The summed E-state index contributed by atoms with van der Waals surface area (Å²) in [7, 11) is -1.47. The molecule has 0 aliphatic heterocycles. The number of rotatable bonds is 4. The molecule has 0 bridgehead atoms. The number of hydrogen-bond acceptors (Lipinski definition) is 3. The van der Waals surface area contributed by atoms with Gasteiger partial charge in [0.2, 0.25) is 0 Å². The second kappa shape index (κ2) is 4.46. The highest BCUT2D eigenvalue weighted by atomic mass is 32.2. The highest BCUT2D eigenvalue weighted by Crippen LogP contribution is 2.21. The van der Waals surface area contributed by atoms with Gasteiger partial charge in [0, 0.05) is 13.1 Å². The molecule has 1 rings (SSSR count). The zero-order valence-electron chi connectivity index (χ0n) is 8.37. The fourth-order valence-corrected chi connectivity index (χ4v) is 2.74. The molecule has 77 valence electrons. The minimum Gasteiger partial charge on any atom is -0.387 e. The normalized spacial score (nSPS) is 11.3. The van der Waals surface area contributed by atoms with E-state index in [9.17, 15) is 8.42 Å². The quantitative estimate of drug-likeness (QED) is 0.826. The summed E-state index contributed by atoms with van der Waals surface area (Å²) >= 11 is 0. The first-order chi connectivity index (χ1) is 6.61. The summed E-state index contributed by atoms with van der Waals surface area (Å²) in [6.45, 7) is 1.85. The zero-order chi connectivity index (χ0) is 10.6. The maximum atomic E-state index is 11.7. The van der Waals surface area contributed by atoms with Gasteiger partial charge in [-0.3, -0.25) is 0 Å². The summed E-state index contributed by atoms with van der Waals surface area (Å²) in [5.74, 6) is 0.169. The van der Waals surface area contributed by atoms with Crippen molar-refractivity contribution in [2.45, 2.75) is 18.2 Å². The summed E-state index contributed by atoms with van der Waals surface area (Å²) in [4.78, 5) is 0.268. The second-order valence-electron chi connectivity index (χ2n) is 2.98. The first kappa shape index (κ1) is 11.0. The standard InChI is InChI=1S/C10H14NO2S/c1-3-8-14(12,13)10-7-5-4-6-9(10)11-2/h4-6,11H,3,8H2,1-2H3. The van der Waals surface area contributed by atoms with Crippen molar-refractivity contribution in [3.63, 3.8) is 0 Å². The van der Waals surface area contributed by atoms with Crippen molar-refractivity contribution in [2.75, 3.05) is 18.1 Å². The predicted octanol–water partition coefficient (Wildman–Crippen LogP) is 1.71. The molecule has 3 nitrogen and oxygen atoms in total. The van der Waals surface area contributed by atoms with Gasteiger partial charge in [-0.2, -0.15) is 0 Å². The highest BCUT2D eigenvalue weighted by Gasteiger charge is 2.16. The van der Waals surface area contributed by atoms with Gasteiger partial charge in [-0.25, -0.2) is 8.42 Å². The van der Waals surface area contributed by atoms with Gasteiger partial charge >= 0.3 is 0 Å². The fraction of sp³-hybridized carbons (Fsp3) is 0.400. The van der Waals surface area contributed by atoms with E-state index in [0.29, 0.717) is 12.1 Å². The Morgan fingerprint density at radius 1 is 1.50 bits per heavy atom. The summed E-state index contributed by atoms with van der Waals surface area (Å²) in [6, 6.07) is 7.87. The summed E-state index contributed by atoms with van der Waals surface area (Å²) in [5, 5.41) is 2.85. The van der Waals surface area contributed by atoms with Gasteiger partial charge in [-0.15, -0.1) is 0 Å². The lowest BCUT2D eigenvalue weighted by Crippen LogP contribution is -2.08. The molecule has 0 aromatic heterocycles. The predicted molar refractivity (Wildman–Crippen MR) is 57.2 cm³/mol. The van der Waals surface area contributed by atoms with Crippen molar-refractivity contribution in [3.8, 4) is 0 Å². The van der Waals surface area contributed by atoms with Crippen molar-refractivity contribution >= 4 is 15.5 Å². The number of hydrogen-bond donors (Lipinski definition) is 1. The van der Waals surface area contributed by atoms with Crippen LogP contribution in [0.1, 0.15) is 13.3 Å². The highest BCUT2D eigenvalue weighted by molar-refractivity contribution is 7.91. The van der Waals surface area contributed by atoms with Crippen LogP contribution in [0.15, 0.2) is 23.1 Å². The Hall–Kier alpha value is -1.03. The molecule has 0 amide bonds. The van der Waals surface area contributed by atoms with Crippen LogP contribution in [0.25, 0.3) is 0 Å². The minimum atomic E-state index is -3.17. The van der Waals surface area contributed by atoms with E-state index < -0.39 is 9.84 Å². The van der Waals surface area contributed by atoms with Crippen LogP contribution in [0.5, 0.6) is 0 Å². The average Bonchev–Trinajstić information content (AvgIpc) is 2.18. The molecule has 0 unspecified atom stereocenters. The van der Waals surface area contributed by atoms with Crippen molar-refractivity contribution < 1.29 is 8.42 Å². The van der Waals surface area contributed by atoms with Crippen molar-refractivity contribution in [1.82, 2.24) is 0 Å². The van der Waals surface area contributed by atoms with E-state index in [0.717, 1.165) is 0 Å². The summed E-state index contributed by atoms with van der Waals surface area (Å²) in [6.07, 6.45) is 0.619. The molecule has 0 aliphatic carbocycles. The topological polar surface area (TPSA) is 46.2 Å². The third-order valence-electron chi connectivity index (χ3n) is 1.87. The van der Waals surface area contributed by atoms with Crippen LogP contribution in [0, 0.1) is 6.07 Å². The van der Waals surface area contributed by atoms with E-state index in [2.05, 4.69) is 11.4 Å². The Morgan fingerprint density at radius 2 is 2.21 bits per heavy atom. The molecular formula is C10H14NO2S. The molecule has 0 saturated carbocycles. The van der Waals surface area contributed by atoms with Crippen LogP contribution >= 0.6 is 0 Å². The first-order valence-corrected chi connectivity index (χ1v) is 6.18. The van der Waals surface area contributed by atoms with Crippen molar-refractivity contribution in [2.24, 2.45) is 0 Å². The van der Waals surface area contributed by atoms with E-state index in [1.807, 2.05) is 6.92 Å². The Morgan fingerprint density at radius 3 is 2.79 bits per heavy atom. The number of anilines is 1. The fourth-order valence-electron chi connectivity index (χ4n) is 1.25. The van der Waals surface area contributed by atoms with E-state index >= 15 is 0 Å². The van der Waals surface area contributed by atoms with Crippen LogP contribution in [0.2, 0.25) is 0 Å². The van der Waals surface area contributed by atoms with Crippen LogP contribution in [-0.4, -0.2) is 21.2 Å². The van der Waals surface area contributed by atoms with Gasteiger partial charge in [0.1, 0.15) is 0 Å². The lowest BCUT2D eigenvalue weighted by atomic mass is 10.3. The van der Waals surface area contributed by atoms with Crippen LogP contribution in [0.3, 0.4) is 0 Å². The Kier molecular flexibility index (Phi) is 3.52. The van der Waals surface area contributed by atoms with Gasteiger partial charge < -0.3 is 5.32 Å². The monoisotopic (exact) mass is 212 g/mol. The van der Waals surface area contributed by atoms with E-state index in [4.69, 9.17) is 0 Å². The SMILES string of the molecule is CCCS(=O)(=O)c1[c]cccc1NC. The lowest BCUT2D eigenvalue weighted by molar-refractivity contribution is 0.595. The number of benzene rings is 1. The molecule has 0 atom stereocenters. The van der Waals surface area contributed by atoms with Crippen LogP contribution in [-0.2, 0) is 9.84 Å². The van der Waals surface area contributed by atoms with Gasteiger partial charge in [0.15, 0.2) is 9.84 Å². The molecule has 0 spiro atoms. The molecule has 1 N–H and O–H groups in total. The second-order valence-corrected chi connectivity index (χ2v) is 5.03. The molecule has 1 aromatic carbocycles. The smallest absolute Gasteiger partial charge is 0.181 e. The van der Waals surface area contributed by atoms with Crippen LogP contribution in [0.4, 0.5) is 5.69 Å². The minimum absolute atomic E-state index is 0.169. The first-order valence-electron chi connectivity index (χ1n) is 4.53. The summed E-state index contributed by atoms with van der Waals surface area (Å²) in [5.41, 5.74) is 0.612. The Bertz CT molecular complexity index is 398. The van der Waals surface area contributed by atoms with E-state index in [-0.39, 0.29) is 10.6 Å². The molecule has 14 heavy (non-hydrogen) atoms. The van der Waals surface area contributed by atoms with Gasteiger partial charge in [0.25, 0.3) is 0 Å². The molecule has 0 fully saturated rings. The van der Waals surface area contributed by atoms with Gasteiger partial charge in [-0.1, -0.05) is 19.1 Å². The molecule has 1 radical (unpaired) electrons. The lowest BCUT2D eigenvalue weighted by Gasteiger charge is -2.08. The molecule has 0 saturated heterocycles. The third kappa shape index (κ3) is 2.26. The van der Waals surface area contributed by atoms with Crippen molar-refractivity contribution in [3.05, 3.63) is 24.3 Å². The maximum absolute atomic E-state index is 11.7. The zero-order valence-corrected chi connectivity index (χ0v) is 9.19. The van der Waals surface area contributed by atoms with E-state index in [1.165, 1.54) is 0 Å².